The van der Waals surface area contributed by atoms with E-state index in [0.717, 1.165) is 56.0 Å². The fourth-order valence-corrected chi connectivity index (χ4v) is 9.87. The Bertz CT molecular complexity index is 1040. The zero-order chi connectivity index (χ0) is 31.4. The van der Waals surface area contributed by atoms with Crippen molar-refractivity contribution in [2.24, 2.45) is 5.92 Å². The maximum atomic E-state index is 10.8. The van der Waals surface area contributed by atoms with Crippen LogP contribution in [0.3, 0.4) is 0 Å². The number of benzene rings is 1. The molecular weight excluding hydrogens is 557 g/mol. The van der Waals surface area contributed by atoms with Crippen LogP contribution in [-0.2, 0) is 13.6 Å². The topological polar surface area (TPSA) is 65.0 Å². The standard InChI is InChI=1S/C35H58O5Si2/c1-10-42(11-2,12-3)40-33-27-25-29(31(33)22-18-13-14-19-23-34(36)37)24-26-32(39-41(8,9)35(5,6)7)28(4)38-30-20-16-15-17-21-30/h13,15-17,19-21,25,28,31-33H,10-12,18,22-24,26-27H2,1-9H3,(H,36,37)/t14?,28?,31-,32?,33?/m1/s1. The van der Waals surface area contributed by atoms with Crippen molar-refractivity contribution >= 4 is 22.6 Å². The molecule has 4 atom stereocenters. The second-order valence-corrected chi connectivity index (χ2v) is 22.8. The summed E-state index contributed by atoms with van der Waals surface area (Å²) in [7, 11) is -3.78. The van der Waals surface area contributed by atoms with Crippen molar-refractivity contribution in [3.63, 3.8) is 0 Å². The molecule has 1 aromatic rings. The molecule has 1 aliphatic rings. The second kappa shape index (κ2) is 16.8. The Labute approximate surface area is 258 Å². The molecule has 1 N–H and O–H groups in total. The lowest BCUT2D eigenvalue weighted by atomic mass is 9.90. The van der Waals surface area contributed by atoms with E-state index in [2.05, 4.69) is 73.4 Å². The first kappa shape index (κ1) is 36.3. The monoisotopic (exact) mass is 614 g/mol. The van der Waals surface area contributed by atoms with Gasteiger partial charge in [0.15, 0.2) is 16.6 Å². The number of para-hydroxylation sites is 1. The number of carbonyl (C=O) groups is 1. The predicted octanol–water partition coefficient (Wildman–Crippen LogP) is 9.93. The van der Waals surface area contributed by atoms with Crippen LogP contribution in [0.4, 0.5) is 0 Å². The van der Waals surface area contributed by atoms with Gasteiger partial charge in [0.2, 0.25) is 0 Å². The minimum atomic E-state index is -2.02. The lowest BCUT2D eigenvalue weighted by Crippen LogP contribution is -2.47. The van der Waals surface area contributed by atoms with E-state index in [1.807, 2.05) is 36.4 Å². The molecule has 42 heavy (non-hydrogen) atoms. The molecule has 1 aromatic carbocycles. The molecule has 7 heteroatoms. The SMILES string of the molecule is CC[Si](CC)(CC)OC1CC=C(CCC(O[Si](C)(C)C(C)(C)C)C(C)Oc2ccccc2)[C@H]1CCC=C=CCC(=O)O. The molecule has 0 spiro atoms. The molecule has 1 aliphatic carbocycles. The Morgan fingerprint density at radius 2 is 1.74 bits per heavy atom. The Morgan fingerprint density at radius 3 is 2.31 bits per heavy atom. The van der Waals surface area contributed by atoms with E-state index in [1.165, 1.54) is 5.57 Å². The smallest absolute Gasteiger partial charge is 0.307 e. The Hall–Kier alpha value is -1.90. The number of hydrogen-bond donors (Lipinski definition) is 1. The minimum absolute atomic E-state index is 0.00723. The van der Waals surface area contributed by atoms with Crippen molar-refractivity contribution < 1.29 is 23.5 Å². The average molecular weight is 615 g/mol. The number of carboxylic acid groups (broad SMARTS) is 1. The van der Waals surface area contributed by atoms with Crippen molar-refractivity contribution in [2.45, 2.75) is 142 Å². The molecule has 0 saturated carbocycles. The molecule has 0 bridgehead atoms. The van der Waals surface area contributed by atoms with Gasteiger partial charge in [-0.2, -0.15) is 0 Å². The van der Waals surface area contributed by atoms with Gasteiger partial charge in [-0.3, -0.25) is 4.79 Å². The van der Waals surface area contributed by atoms with Gasteiger partial charge < -0.3 is 18.7 Å². The summed E-state index contributed by atoms with van der Waals surface area (Å²) in [5.74, 6) is 0.409. The number of ether oxygens (including phenoxy) is 1. The number of aliphatic carboxylic acids is 1. The third-order valence-electron chi connectivity index (χ3n) is 9.56. The summed E-state index contributed by atoms with van der Waals surface area (Å²) in [6.07, 6.45) is 10.8. The minimum Gasteiger partial charge on any atom is -0.488 e. The van der Waals surface area contributed by atoms with Crippen LogP contribution < -0.4 is 4.74 Å². The van der Waals surface area contributed by atoms with E-state index in [-0.39, 0.29) is 29.8 Å². The van der Waals surface area contributed by atoms with Crippen molar-refractivity contribution in [1.82, 2.24) is 0 Å². The third kappa shape index (κ3) is 11.0. The molecule has 0 fully saturated rings. The predicted molar refractivity (Wildman–Crippen MR) is 180 cm³/mol. The van der Waals surface area contributed by atoms with Gasteiger partial charge in [-0.1, -0.05) is 71.4 Å². The third-order valence-corrected chi connectivity index (χ3v) is 18.7. The number of carboxylic acids is 1. The first-order valence-corrected chi connectivity index (χ1v) is 21.6. The normalized spacial score (nSPS) is 19.0. The summed E-state index contributed by atoms with van der Waals surface area (Å²) >= 11 is 0. The molecule has 0 amide bonds. The van der Waals surface area contributed by atoms with Gasteiger partial charge in [0.25, 0.3) is 0 Å². The van der Waals surface area contributed by atoms with Crippen molar-refractivity contribution in [3.8, 4) is 5.75 Å². The summed E-state index contributed by atoms with van der Waals surface area (Å²) in [6.45, 7) is 20.6. The Morgan fingerprint density at radius 1 is 1.10 bits per heavy atom. The second-order valence-electron chi connectivity index (χ2n) is 13.4. The molecule has 0 saturated heterocycles. The molecule has 0 aliphatic heterocycles. The van der Waals surface area contributed by atoms with Crippen LogP contribution in [-0.4, -0.2) is 46.0 Å². The highest BCUT2D eigenvalue weighted by atomic mass is 28.4. The molecule has 0 radical (unpaired) electrons. The molecular formula is C35H58O5Si2. The lowest BCUT2D eigenvalue weighted by Gasteiger charge is -2.41. The molecule has 5 nitrogen and oxygen atoms in total. The lowest BCUT2D eigenvalue weighted by molar-refractivity contribution is -0.136. The maximum Gasteiger partial charge on any atom is 0.307 e. The van der Waals surface area contributed by atoms with E-state index >= 15 is 0 Å². The van der Waals surface area contributed by atoms with Crippen LogP contribution in [0, 0.1) is 5.92 Å². The number of rotatable bonds is 18. The number of hydrogen-bond acceptors (Lipinski definition) is 4. The van der Waals surface area contributed by atoms with Gasteiger partial charge in [-0.25, -0.2) is 0 Å². The van der Waals surface area contributed by atoms with Crippen LogP contribution in [0.1, 0.15) is 87.0 Å². The Balaban J connectivity index is 2.24. The van der Waals surface area contributed by atoms with Crippen LogP contribution in [0.2, 0.25) is 36.3 Å². The van der Waals surface area contributed by atoms with Gasteiger partial charge in [-0.15, -0.1) is 5.73 Å². The van der Waals surface area contributed by atoms with E-state index in [0.29, 0.717) is 5.92 Å². The largest absolute Gasteiger partial charge is 0.488 e. The highest BCUT2D eigenvalue weighted by Crippen LogP contribution is 2.41. The first-order chi connectivity index (χ1) is 19.8. The van der Waals surface area contributed by atoms with Gasteiger partial charge >= 0.3 is 5.97 Å². The molecule has 3 unspecified atom stereocenters. The van der Waals surface area contributed by atoms with Gasteiger partial charge in [-0.05, 0) is 99.6 Å². The van der Waals surface area contributed by atoms with E-state index < -0.39 is 22.6 Å². The highest BCUT2D eigenvalue weighted by molar-refractivity contribution is 6.74. The van der Waals surface area contributed by atoms with E-state index in [1.54, 1.807) is 6.08 Å². The summed E-state index contributed by atoms with van der Waals surface area (Å²) in [5, 5.41) is 9.02. The Kier molecular flexibility index (Phi) is 14.5. The van der Waals surface area contributed by atoms with Gasteiger partial charge in [0.1, 0.15) is 11.9 Å². The van der Waals surface area contributed by atoms with Crippen LogP contribution in [0.25, 0.3) is 0 Å². The molecule has 2 rings (SSSR count). The van der Waals surface area contributed by atoms with Crippen molar-refractivity contribution in [2.75, 3.05) is 0 Å². The van der Waals surface area contributed by atoms with Crippen LogP contribution >= 0.6 is 0 Å². The quantitative estimate of drug-likeness (QED) is 0.101. The zero-order valence-electron chi connectivity index (χ0n) is 27.9. The molecule has 0 heterocycles. The van der Waals surface area contributed by atoms with Crippen LogP contribution in [0.5, 0.6) is 5.75 Å². The molecule has 0 aromatic heterocycles. The summed E-state index contributed by atoms with van der Waals surface area (Å²) in [6, 6.07) is 13.5. The fourth-order valence-electron chi connectivity index (χ4n) is 5.55. The summed E-state index contributed by atoms with van der Waals surface area (Å²) in [5.41, 5.74) is 4.54. The maximum absolute atomic E-state index is 10.8. The van der Waals surface area contributed by atoms with Crippen LogP contribution in [0.15, 0.2) is 59.9 Å². The first-order valence-electron chi connectivity index (χ1n) is 16.1. The summed E-state index contributed by atoms with van der Waals surface area (Å²) in [4.78, 5) is 10.8. The van der Waals surface area contributed by atoms with E-state index in [9.17, 15) is 4.79 Å². The van der Waals surface area contributed by atoms with Gasteiger partial charge in [0.05, 0.1) is 18.6 Å². The van der Waals surface area contributed by atoms with Crippen molar-refractivity contribution in [3.05, 3.63) is 59.9 Å². The average Bonchev–Trinajstić information content (AvgIpc) is 3.31. The molecule has 236 valence electrons. The highest BCUT2D eigenvalue weighted by Gasteiger charge is 2.42. The van der Waals surface area contributed by atoms with Gasteiger partial charge in [0, 0.05) is 5.92 Å². The summed E-state index contributed by atoms with van der Waals surface area (Å²) < 4.78 is 20.5. The zero-order valence-corrected chi connectivity index (χ0v) is 29.9. The fraction of sp³-hybridized carbons (Fsp3) is 0.657. The van der Waals surface area contributed by atoms with E-state index in [4.69, 9.17) is 18.7 Å². The van der Waals surface area contributed by atoms with Crippen molar-refractivity contribution in [1.29, 1.82) is 0 Å².